The number of likely N-dealkylation sites (tertiary alicyclic amines) is 1. The summed E-state index contributed by atoms with van der Waals surface area (Å²) < 4.78 is 88.7. The number of carbonyl (C=O) groups is 1. The summed E-state index contributed by atoms with van der Waals surface area (Å²) in [5.41, 5.74) is 0.526. The molecule has 1 saturated carbocycles. The van der Waals surface area contributed by atoms with E-state index >= 15 is 0 Å². The van der Waals surface area contributed by atoms with Gasteiger partial charge < -0.3 is 19.4 Å². The molecule has 0 radical (unpaired) electrons. The lowest BCUT2D eigenvalue weighted by atomic mass is 9.94. The van der Waals surface area contributed by atoms with E-state index in [9.17, 15) is 31.1 Å². The summed E-state index contributed by atoms with van der Waals surface area (Å²) >= 11 is 0. The molecule has 9 nitrogen and oxygen atoms in total. The van der Waals surface area contributed by atoms with Crippen molar-refractivity contribution < 1.29 is 35.9 Å². The summed E-state index contributed by atoms with van der Waals surface area (Å²) in [7, 11) is 1.56. The summed E-state index contributed by atoms with van der Waals surface area (Å²) in [6.07, 6.45) is -6.96. The van der Waals surface area contributed by atoms with E-state index in [-0.39, 0.29) is 30.2 Å². The maximum Gasteiger partial charge on any atom is 0.416 e. The van der Waals surface area contributed by atoms with Gasteiger partial charge in [-0.15, -0.1) is 5.10 Å². The number of alkyl halides is 6. The van der Waals surface area contributed by atoms with Crippen LogP contribution in [0.25, 0.3) is 0 Å². The van der Waals surface area contributed by atoms with E-state index in [0.717, 1.165) is 66.9 Å². The van der Waals surface area contributed by atoms with Crippen molar-refractivity contribution in [3.05, 3.63) is 63.7 Å². The summed E-state index contributed by atoms with van der Waals surface area (Å²) in [6, 6.07) is 5.39. The molecule has 278 valence electrons. The van der Waals surface area contributed by atoms with Gasteiger partial charge in [0.1, 0.15) is 5.60 Å². The minimum atomic E-state index is -4.97. The van der Waals surface area contributed by atoms with Crippen LogP contribution >= 0.6 is 0 Å². The van der Waals surface area contributed by atoms with Crippen LogP contribution in [-0.2, 0) is 30.7 Å². The van der Waals surface area contributed by atoms with E-state index in [1.807, 2.05) is 39.5 Å². The molecule has 15 heteroatoms. The minimum Gasteiger partial charge on any atom is -0.444 e. The topological polar surface area (TPSA) is 79.6 Å². The highest BCUT2D eigenvalue weighted by molar-refractivity contribution is 5.68. The first-order valence-electron chi connectivity index (χ1n) is 17.4. The maximum atomic E-state index is 13.8. The molecule has 3 atom stereocenters. The Morgan fingerprint density at radius 1 is 0.941 bits per heavy atom. The molecule has 3 heterocycles. The molecule has 0 spiro atoms. The van der Waals surface area contributed by atoms with Gasteiger partial charge >= 0.3 is 18.4 Å². The molecule has 1 aliphatic carbocycles. The molecule has 6 rings (SSSR count). The molecule has 0 bridgehead atoms. The number of hydrogen-bond acceptors (Lipinski definition) is 7. The van der Waals surface area contributed by atoms with E-state index in [0.29, 0.717) is 37.3 Å². The second-order valence-corrected chi connectivity index (χ2v) is 15.5. The Balaban J connectivity index is 1.30. The number of nitrogens with zero attached hydrogens (tertiary/aromatic N) is 7. The fourth-order valence-corrected chi connectivity index (χ4v) is 8.31. The number of rotatable bonds is 6. The Morgan fingerprint density at radius 3 is 2.12 bits per heavy atom. The Labute approximate surface area is 293 Å². The fraction of sp³-hybridized carbons (Fsp3) is 0.611. The molecule has 2 fully saturated rings. The lowest BCUT2D eigenvalue weighted by molar-refractivity contribution is -0.143. The third-order valence-electron chi connectivity index (χ3n) is 10.2. The monoisotopic (exact) mass is 721 g/mol. The molecule has 3 aromatic rings. The van der Waals surface area contributed by atoms with Crippen LogP contribution in [0.4, 0.5) is 42.8 Å². The number of tetrazole rings is 1. The molecule has 2 aliphatic heterocycles. The molecule has 1 aromatic heterocycles. The fourth-order valence-electron chi connectivity index (χ4n) is 8.31. The predicted molar refractivity (Wildman–Crippen MR) is 179 cm³/mol. The van der Waals surface area contributed by atoms with Gasteiger partial charge in [0.25, 0.3) is 5.95 Å². The molecule has 3 unspecified atom stereocenters. The van der Waals surface area contributed by atoms with E-state index in [1.54, 1.807) is 11.9 Å². The number of anilines is 2. The van der Waals surface area contributed by atoms with Crippen molar-refractivity contribution in [1.29, 1.82) is 0 Å². The van der Waals surface area contributed by atoms with Crippen molar-refractivity contribution in [3.63, 3.8) is 0 Å². The summed E-state index contributed by atoms with van der Waals surface area (Å²) in [4.78, 5) is 19.9. The van der Waals surface area contributed by atoms with Gasteiger partial charge in [-0.25, -0.2) is 4.79 Å². The quantitative estimate of drug-likeness (QED) is 0.238. The van der Waals surface area contributed by atoms with E-state index in [4.69, 9.17) is 4.74 Å². The number of amides is 1. The van der Waals surface area contributed by atoms with Crippen LogP contribution < -0.4 is 9.80 Å². The number of benzene rings is 2. The van der Waals surface area contributed by atoms with Gasteiger partial charge in [0.15, 0.2) is 0 Å². The SMILES string of the molecule is Cc1cc(C)c2c(c1)C(N(Cc1cc(C(F)(F)F)cc(C(F)(F)F)c1)c1nnn(C)n1)CCCN2CC1CC2CN(C(=O)OC(C)(C)C)CC2C1. The average Bonchev–Trinajstić information content (AvgIpc) is 3.67. The average molecular weight is 722 g/mol. The zero-order chi connectivity index (χ0) is 37.0. The molecular weight excluding hydrogens is 676 g/mol. The van der Waals surface area contributed by atoms with Gasteiger partial charge in [-0.3, -0.25) is 0 Å². The lowest BCUT2D eigenvalue weighted by Crippen LogP contribution is -2.36. The van der Waals surface area contributed by atoms with Gasteiger partial charge in [-0.05, 0) is 118 Å². The Morgan fingerprint density at radius 2 is 1.57 bits per heavy atom. The standard InChI is InChI=1S/C36H45F6N7O2/c1-21-10-22(2)31-29(11-21)30(8-7-9-47(31)17-23-12-25-19-48(20-26(25)13-23)33(50)51-34(3,4)5)49(32-43-45-46(6)44-32)18-24-14-27(35(37,38)39)16-28(15-24)36(40,41)42/h10-11,14-16,23,25-26,30H,7-9,12-13,17-20H2,1-6H3. The second-order valence-electron chi connectivity index (χ2n) is 15.5. The first-order chi connectivity index (χ1) is 23.7. The van der Waals surface area contributed by atoms with Gasteiger partial charge in [0, 0.05) is 38.4 Å². The molecular formula is C36H45F6N7O2. The van der Waals surface area contributed by atoms with Crippen molar-refractivity contribution in [2.24, 2.45) is 24.8 Å². The second kappa shape index (κ2) is 13.5. The Kier molecular flexibility index (Phi) is 9.72. The summed E-state index contributed by atoms with van der Waals surface area (Å²) in [6.45, 7) is 12.2. The third kappa shape index (κ3) is 8.22. The molecule has 1 amide bonds. The highest BCUT2D eigenvalue weighted by atomic mass is 19.4. The highest BCUT2D eigenvalue weighted by Gasteiger charge is 2.44. The van der Waals surface area contributed by atoms with Crippen molar-refractivity contribution >= 4 is 17.7 Å². The highest BCUT2D eigenvalue weighted by Crippen LogP contribution is 2.46. The van der Waals surface area contributed by atoms with Crippen molar-refractivity contribution in [2.75, 3.05) is 36.0 Å². The van der Waals surface area contributed by atoms with Gasteiger partial charge in [0.05, 0.1) is 24.2 Å². The first-order valence-corrected chi connectivity index (χ1v) is 17.4. The number of fused-ring (bicyclic) bond motifs is 2. The third-order valence-corrected chi connectivity index (χ3v) is 10.2. The van der Waals surface area contributed by atoms with Crippen molar-refractivity contribution in [2.45, 2.75) is 90.8 Å². The number of carbonyl (C=O) groups excluding carboxylic acids is 1. The van der Waals surface area contributed by atoms with Gasteiger partial charge in [-0.1, -0.05) is 22.8 Å². The van der Waals surface area contributed by atoms with Gasteiger partial charge in [0.2, 0.25) is 0 Å². The predicted octanol–water partition coefficient (Wildman–Crippen LogP) is 8.11. The first kappa shape index (κ1) is 36.7. The molecule has 0 N–H and O–H groups in total. The molecule has 2 aromatic carbocycles. The van der Waals surface area contributed by atoms with Crippen molar-refractivity contribution in [1.82, 2.24) is 25.1 Å². The van der Waals surface area contributed by atoms with Crippen LogP contribution in [0.5, 0.6) is 0 Å². The molecule has 51 heavy (non-hydrogen) atoms. The molecule has 3 aliphatic rings. The Bertz CT molecular complexity index is 1700. The zero-order valence-corrected chi connectivity index (χ0v) is 29.8. The van der Waals surface area contributed by atoms with Crippen LogP contribution in [0.15, 0.2) is 30.3 Å². The smallest absolute Gasteiger partial charge is 0.416 e. The summed E-state index contributed by atoms with van der Waals surface area (Å²) in [5, 5.41) is 12.5. The lowest BCUT2D eigenvalue weighted by Gasteiger charge is -2.34. The number of halogens is 6. The van der Waals surface area contributed by atoms with Gasteiger partial charge in [-0.2, -0.15) is 31.1 Å². The van der Waals surface area contributed by atoms with Crippen molar-refractivity contribution in [3.8, 4) is 0 Å². The molecule has 1 saturated heterocycles. The van der Waals surface area contributed by atoms with E-state index < -0.39 is 35.1 Å². The van der Waals surface area contributed by atoms with E-state index in [1.165, 1.54) is 4.80 Å². The Hall–Kier alpha value is -4.04. The van der Waals surface area contributed by atoms with Crippen LogP contribution in [0.2, 0.25) is 0 Å². The number of aromatic nitrogens is 4. The van der Waals surface area contributed by atoms with Crippen LogP contribution in [-0.4, -0.2) is 63.0 Å². The van der Waals surface area contributed by atoms with Crippen LogP contribution in [0, 0.1) is 31.6 Å². The van der Waals surface area contributed by atoms with Crippen LogP contribution in [0.1, 0.15) is 85.9 Å². The number of ether oxygens (including phenoxy) is 1. The zero-order valence-electron chi connectivity index (χ0n) is 29.8. The normalized spacial score (nSPS) is 22.5. The number of hydrogen-bond donors (Lipinski definition) is 0. The summed E-state index contributed by atoms with van der Waals surface area (Å²) in [5.74, 6) is 1.31. The number of aryl methyl sites for hydroxylation is 3. The van der Waals surface area contributed by atoms with E-state index in [2.05, 4.69) is 32.4 Å². The minimum absolute atomic E-state index is 0.116. The largest absolute Gasteiger partial charge is 0.444 e. The van der Waals surface area contributed by atoms with Crippen LogP contribution in [0.3, 0.4) is 0 Å². The maximum absolute atomic E-state index is 13.8.